The van der Waals surface area contributed by atoms with Crippen molar-refractivity contribution in [2.24, 2.45) is 0 Å². The van der Waals surface area contributed by atoms with Crippen LogP contribution in [0.4, 0.5) is 0 Å². The SMILES string of the molecule is COC(C)(C)C(C)N(C)P. The molecule has 0 fully saturated rings. The highest BCUT2D eigenvalue weighted by atomic mass is 31.0. The molecule has 0 saturated carbocycles. The summed E-state index contributed by atoms with van der Waals surface area (Å²) in [5.74, 6) is 0. The van der Waals surface area contributed by atoms with Crippen molar-refractivity contribution in [3.63, 3.8) is 0 Å². The lowest BCUT2D eigenvalue weighted by Gasteiger charge is -2.34. The van der Waals surface area contributed by atoms with E-state index in [2.05, 4.69) is 34.8 Å². The molecule has 0 saturated heterocycles. The largest absolute Gasteiger partial charge is 0.377 e. The molecule has 0 spiro atoms. The van der Waals surface area contributed by atoms with Gasteiger partial charge < -0.3 is 4.74 Å². The van der Waals surface area contributed by atoms with E-state index in [9.17, 15) is 0 Å². The van der Waals surface area contributed by atoms with Crippen LogP contribution in [0.25, 0.3) is 0 Å². The van der Waals surface area contributed by atoms with Crippen molar-refractivity contribution in [3.8, 4) is 0 Å². The quantitative estimate of drug-likeness (QED) is 0.585. The van der Waals surface area contributed by atoms with Crippen molar-refractivity contribution < 1.29 is 4.74 Å². The fourth-order valence-electron chi connectivity index (χ4n) is 0.661. The minimum absolute atomic E-state index is 0.0729. The molecule has 2 unspecified atom stereocenters. The second-order valence-corrected chi connectivity index (χ2v) is 3.96. The van der Waals surface area contributed by atoms with Crippen LogP contribution in [0.2, 0.25) is 0 Å². The minimum atomic E-state index is -0.0729. The second-order valence-electron chi connectivity index (χ2n) is 3.15. The maximum atomic E-state index is 5.31. The van der Waals surface area contributed by atoms with Gasteiger partial charge in [0.15, 0.2) is 0 Å². The molecule has 0 rings (SSSR count). The number of hydrogen-bond donors (Lipinski definition) is 0. The molecule has 0 aromatic carbocycles. The standard InChI is InChI=1S/C7H18NOP/c1-6(8(4)10)7(2,3)9-5/h6H,10H2,1-5H3. The summed E-state index contributed by atoms with van der Waals surface area (Å²) >= 11 is 0. The maximum absolute atomic E-state index is 5.31. The van der Waals surface area contributed by atoms with Crippen LogP contribution in [0.15, 0.2) is 0 Å². The molecule has 0 radical (unpaired) electrons. The zero-order chi connectivity index (χ0) is 8.36. The first-order valence-corrected chi connectivity index (χ1v) is 3.96. The Bertz CT molecular complexity index is 104. The molecule has 3 heteroatoms. The third-order valence-corrected chi connectivity index (χ3v) is 2.59. The van der Waals surface area contributed by atoms with Gasteiger partial charge >= 0.3 is 0 Å². The Hall–Kier alpha value is 0.350. The van der Waals surface area contributed by atoms with Crippen molar-refractivity contribution >= 4 is 9.39 Å². The van der Waals surface area contributed by atoms with E-state index in [1.54, 1.807) is 7.11 Å². The van der Waals surface area contributed by atoms with Crippen LogP contribution in [0.1, 0.15) is 20.8 Å². The molecule has 0 amide bonds. The van der Waals surface area contributed by atoms with Crippen LogP contribution in [0, 0.1) is 0 Å². The molecule has 0 bridgehead atoms. The first-order chi connectivity index (χ1) is 4.41. The van der Waals surface area contributed by atoms with Gasteiger partial charge in [0.2, 0.25) is 0 Å². The Labute approximate surface area is 66.2 Å². The number of rotatable bonds is 3. The Balaban J connectivity index is 4.03. The Morgan fingerprint density at radius 2 is 1.90 bits per heavy atom. The van der Waals surface area contributed by atoms with Crippen LogP contribution >= 0.6 is 9.39 Å². The Morgan fingerprint density at radius 1 is 1.50 bits per heavy atom. The van der Waals surface area contributed by atoms with Crippen LogP contribution in [0.3, 0.4) is 0 Å². The highest BCUT2D eigenvalue weighted by Gasteiger charge is 2.26. The summed E-state index contributed by atoms with van der Waals surface area (Å²) < 4.78 is 7.38. The van der Waals surface area contributed by atoms with Crippen LogP contribution in [-0.2, 0) is 4.74 Å². The Morgan fingerprint density at radius 3 is 2.00 bits per heavy atom. The van der Waals surface area contributed by atoms with E-state index < -0.39 is 0 Å². The van der Waals surface area contributed by atoms with Gasteiger partial charge in [-0.3, -0.25) is 4.67 Å². The monoisotopic (exact) mass is 163 g/mol. The number of methoxy groups -OCH3 is 1. The van der Waals surface area contributed by atoms with E-state index in [0.717, 1.165) is 0 Å². The van der Waals surface area contributed by atoms with E-state index in [1.807, 2.05) is 7.05 Å². The van der Waals surface area contributed by atoms with E-state index in [4.69, 9.17) is 4.74 Å². The summed E-state index contributed by atoms with van der Waals surface area (Å²) in [6, 6.07) is 0.405. The topological polar surface area (TPSA) is 12.5 Å². The molecule has 0 aliphatic heterocycles. The van der Waals surface area contributed by atoms with Gasteiger partial charge in [0.25, 0.3) is 0 Å². The number of hydrogen-bond acceptors (Lipinski definition) is 2. The molecule has 10 heavy (non-hydrogen) atoms. The molecule has 0 aliphatic rings. The van der Waals surface area contributed by atoms with Crippen molar-refractivity contribution in [2.45, 2.75) is 32.4 Å². The van der Waals surface area contributed by atoms with Crippen LogP contribution < -0.4 is 0 Å². The second kappa shape index (κ2) is 3.66. The fourth-order valence-corrected chi connectivity index (χ4v) is 1.02. The lowest BCUT2D eigenvalue weighted by Crippen LogP contribution is -2.42. The summed E-state index contributed by atoms with van der Waals surface area (Å²) in [4.78, 5) is 0. The van der Waals surface area contributed by atoms with E-state index >= 15 is 0 Å². The molecule has 0 heterocycles. The smallest absolute Gasteiger partial charge is 0.0777 e. The molecular weight excluding hydrogens is 145 g/mol. The predicted molar refractivity (Wildman–Crippen MR) is 48.0 cm³/mol. The summed E-state index contributed by atoms with van der Waals surface area (Å²) in [6.07, 6.45) is 0. The van der Waals surface area contributed by atoms with Gasteiger partial charge in [0.05, 0.1) is 5.60 Å². The summed E-state index contributed by atoms with van der Waals surface area (Å²) in [6.45, 7) is 6.30. The zero-order valence-corrected chi connectivity index (χ0v) is 8.66. The van der Waals surface area contributed by atoms with Crippen molar-refractivity contribution in [1.82, 2.24) is 4.67 Å². The lowest BCUT2D eigenvalue weighted by molar-refractivity contribution is -0.0198. The van der Waals surface area contributed by atoms with Crippen LogP contribution in [-0.4, -0.2) is 30.5 Å². The van der Waals surface area contributed by atoms with E-state index in [1.165, 1.54) is 0 Å². The average Bonchev–Trinajstić information content (AvgIpc) is 1.86. The fraction of sp³-hybridized carbons (Fsp3) is 1.00. The first kappa shape index (κ1) is 10.3. The predicted octanol–water partition coefficient (Wildman–Crippen LogP) is 1.52. The molecule has 0 aromatic heterocycles. The van der Waals surface area contributed by atoms with Gasteiger partial charge in [-0.2, -0.15) is 0 Å². The molecule has 2 atom stereocenters. The van der Waals surface area contributed by atoms with Crippen LogP contribution in [0.5, 0.6) is 0 Å². The van der Waals surface area contributed by atoms with Crippen molar-refractivity contribution in [3.05, 3.63) is 0 Å². The highest BCUT2D eigenvalue weighted by molar-refractivity contribution is 7.13. The van der Waals surface area contributed by atoms with Crippen molar-refractivity contribution in [1.29, 1.82) is 0 Å². The summed E-state index contributed by atoms with van der Waals surface area (Å²) in [5.41, 5.74) is -0.0729. The van der Waals surface area contributed by atoms with Gasteiger partial charge in [-0.25, -0.2) is 0 Å². The normalized spacial score (nSPS) is 15.9. The van der Waals surface area contributed by atoms with Gasteiger partial charge in [-0.1, -0.05) is 9.39 Å². The van der Waals surface area contributed by atoms with Gasteiger partial charge in [0, 0.05) is 13.2 Å². The lowest BCUT2D eigenvalue weighted by atomic mass is 10.0. The number of nitrogens with zero attached hydrogens (tertiary/aromatic N) is 1. The third kappa shape index (κ3) is 2.53. The van der Waals surface area contributed by atoms with E-state index in [-0.39, 0.29) is 5.60 Å². The highest BCUT2D eigenvalue weighted by Crippen LogP contribution is 2.19. The third-order valence-electron chi connectivity index (χ3n) is 2.14. The minimum Gasteiger partial charge on any atom is -0.377 e. The summed E-state index contributed by atoms with van der Waals surface area (Å²) in [7, 11) is 6.41. The van der Waals surface area contributed by atoms with Crippen molar-refractivity contribution in [2.75, 3.05) is 14.2 Å². The van der Waals surface area contributed by atoms with Gasteiger partial charge in [-0.05, 0) is 27.8 Å². The van der Waals surface area contributed by atoms with Gasteiger partial charge in [-0.15, -0.1) is 0 Å². The number of ether oxygens (including phenoxy) is 1. The molecule has 0 N–H and O–H groups in total. The molecule has 0 aromatic rings. The zero-order valence-electron chi connectivity index (χ0n) is 7.51. The molecule has 2 nitrogen and oxygen atoms in total. The van der Waals surface area contributed by atoms with E-state index in [0.29, 0.717) is 6.04 Å². The maximum Gasteiger partial charge on any atom is 0.0777 e. The number of likely N-dealkylation sites (N-methyl/N-ethyl adjacent to an activating group) is 1. The van der Waals surface area contributed by atoms with Gasteiger partial charge in [0.1, 0.15) is 0 Å². The average molecular weight is 163 g/mol. The molecular formula is C7H18NOP. The summed E-state index contributed by atoms with van der Waals surface area (Å²) in [5, 5.41) is 0. The first-order valence-electron chi connectivity index (χ1n) is 3.44. The Kier molecular flexibility index (Phi) is 3.79. The molecule has 62 valence electrons. The molecule has 0 aliphatic carbocycles.